The summed E-state index contributed by atoms with van der Waals surface area (Å²) in [5.74, 6) is 0.745. The highest BCUT2D eigenvalue weighted by Crippen LogP contribution is 2.07. The number of hydrogen-bond acceptors (Lipinski definition) is 2. The molecule has 0 heterocycles. The molecule has 2 nitrogen and oxygen atoms in total. The lowest BCUT2D eigenvalue weighted by atomic mass is 10.1. The minimum atomic E-state index is 0. The van der Waals surface area contributed by atoms with Crippen LogP contribution in [0.25, 0.3) is 0 Å². The van der Waals surface area contributed by atoms with Crippen LogP contribution in [0.3, 0.4) is 0 Å². The van der Waals surface area contributed by atoms with E-state index in [9.17, 15) is 0 Å². The van der Waals surface area contributed by atoms with Crippen LogP contribution in [-0.2, 0) is 9.47 Å². The van der Waals surface area contributed by atoms with Crippen LogP contribution in [0, 0.1) is 5.92 Å². The summed E-state index contributed by atoms with van der Waals surface area (Å²) in [6.07, 6.45) is 9.40. The normalized spacial score (nSPS) is 12.9. The van der Waals surface area contributed by atoms with Gasteiger partial charge in [0.25, 0.3) is 0 Å². The highest BCUT2D eigenvalue weighted by Gasteiger charge is 2.00. The fraction of sp³-hybridized carbons (Fsp3) is 1.00. The molecule has 19 heavy (non-hydrogen) atoms. The first-order valence-electron chi connectivity index (χ1n) is 7.67. The summed E-state index contributed by atoms with van der Waals surface area (Å²) in [5, 5.41) is 0. The van der Waals surface area contributed by atoms with Crippen molar-refractivity contribution < 1.29 is 9.47 Å². The lowest BCUT2D eigenvalue weighted by Crippen LogP contribution is -2.07. The molecule has 0 saturated carbocycles. The molecular formula is C17H40O2. The number of methoxy groups -OCH3 is 2. The fourth-order valence-electron chi connectivity index (χ4n) is 1.84. The molecule has 0 aromatic heterocycles. The van der Waals surface area contributed by atoms with Crippen LogP contribution in [0.4, 0.5) is 0 Å². The van der Waals surface area contributed by atoms with Crippen molar-refractivity contribution in [2.45, 2.75) is 86.2 Å². The summed E-state index contributed by atoms with van der Waals surface area (Å²) in [5.41, 5.74) is 0. The van der Waals surface area contributed by atoms with Crippen molar-refractivity contribution in [1.29, 1.82) is 0 Å². The Labute approximate surface area is 123 Å². The number of unbranched alkanes of at least 4 members (excludes halogenated alkanes) is 2. The minimum Gasteiger partial charge on any atom is -0.384 e. The lowest BCUT2D eigenvalue weighted by Gasteiger charge is -2.10. The van der Waals surface area contributed by atoms with Crippen LogP contribution in [0.1, 0.15) is 80.1 Å². The Balaban J connectivity index is -0.000000256. The number of rotatable bonds is 10. The monoisotopic (exact) mass is 276 g/mol. The fourth-order valence-corrected chi connectivity index (χ4v) is 1.84. The molecule has 0 amide bonds. The Kier molecular flexibility index (Phi) is 25.5. The summed E-state index contributed by atoms with van der Waals surface area (Å²) in [7, 11) is 3.56. The van der Waals surface area contributed by atoms with Gasteiger partial charge in [0.15, 0.2) is 0 Å². The SMILES string of the molecule is C.CCCCC(C)COC.CCCCC(CC)OC. The number of hydrogen-bond donors (Lipinski definition) is 0. The topological polar surface area (TPSA) is 18.5 Å². The molecule has 0 fully saturated rings. The van der Waals surface area contributed by atoms with E-state index >= 15 is 0 Å². The van der Waals surface area contributed by atoms with E-state index in [1.807, 2.05) is 0 Å². The van der Waals surface area contributed by atoms with E-state index in [4.69, 9.17) is 9.47 Å². The van der Waals surface area contributed by atoms with Crippen molar-refractivity contribution in [3.63, 3.8) is 0 Å². The van der Waals surface area contributed by atoms with E-state index in [1.165, 1.54) is 38.5 Å². The van der Waals surface area contributed by atoms with Crippen LogP contribution in [0.2, 0.25) is 0 Å². The Morgan fingerprint density at radius 3 is 1.79 bits per heavy atom. The summed E-state index contributed by atoms with van der Waals surface area (Å²) in [6.45, 7) is 9.75. The molecule has 2 heteroatoms. The van der Waals surface area contributed by atoms with Crippen LogP contribution in [0.5, 0.6) is 0 Å². The molecule has 0 saturated heterocycles. The van der Waals surface area contributed by atoms with Crippen molar-refractivity contribution >= 4 is 0 Å². The maximum Gasteiger partial charge on any atom is 0.0568 e. The third-order valence-electron chi connectivity index (χ3n) is 3.17. The third kappa shape index (κ3) is 20.4. The zero-order chi connectivity index (χ0) is 14.2. The highest BCUT2D eigenvalue weighted by atomic mass is 16.5. The van der Waals surface area contributed by atoms with E-state index in [2.05, 4.69) is 27.7 Å². The van der Waals surface area contributed by atoms with Gasteiger partial charge in [-0.15, -0.1) is 0 Å². The van der Waals surface area contributed by atoms with Crippen LogP contribution >= 0.6 is 0 Å². The molecule has 0 aliphatic rings. The van der Waals surface area contributed by atoms with Gasteiger partial charge < -0.3 is 9.47 Å². The smallest absolute Gasteiger partial charge is 0.0568 e. The van der Waals surface area contributed by atoms with Gasteiger partial charge in [0, 0.05) is 20.8 Å². The van der Waals surface area contributed by atoms with Gasteiger partial charge in [0.2, 0.25) is 0 Å². The zero-order valence-electron chi connectivity index (χ0n) is 13.6. The average Bonchev–Trinajstić information content (AvgIpc) is 2.39. The van der Waals surface area contributed by atoms with Gasteiger partial charge in [-0.25, -0.2) is 0 Å². The van der Waals surface area contributed by atoms with Crippen LogP contribution in [-0.4, -0.2) is 26.9 Å². The molecule has 0 aliphatic heterocycles. The van der Waals surface area contributed by atoms with Gasteiger partial charge in [-0.2, -0.15) is 0 Å². The first-order chi connectivity index (χ1) is 8.65. The van der Waals surface area contributed by atoms with E-state index in [0.717, 1.165) is 18.9 Å². The molecule has 2 unspecified atom stereocenters. The molecule has 0 bridgehead atoms. The van der Waals surface area contributed by atoms with Gasteiger partial charge in [0.05, 0.1) is 6.10 Å². The van der Waals surface area contributed by atoms with Gasteiger partial charge in [0.1, 0.15) is 0 Å². The maximum absolute atomic E-state index is 5.20. The predicted molar refractivity (Wildman–Crippen MR) is 87.9 cm³/mol. The van der Waals surface area contributed by atoms with E-state index in [-0.39, 0.29) is 7.43 Å². The molecule has 0 radical (unpaired) electrons. The first kappa shape index (κ1) is 24.0. The molecule has 120 valence electrons. The molecular weight excluding hydrogens is 236 g/mol. The Morgan fingerprint density at radius 2 is 1.42 bits per heavy atom. The van der Waals surface area contributed by atoms with Gasteiger partial charge in [-0.1, -0.05) is 60.8 Å². The Hall–Kier alpha value is -0.0800. The maximum atomic E-state index is 5.20. The van der Waals surface area contributed by atoms with Crippen LogP contribution in [0.15, 0.2) is 0 Å². The standard InChI is InChI=1S/2C8H18O.CH4/c1-4-5-6-8(2)7-9-3;1-4-6-7-8(5-2)9-3;/h2*8H,4-7H2,1-3H3;1H4. The quantitative estimate of drug-likeness (QED) is 0.510. The number of ether oxygens (including phenoxy) is 2. The predicted octanol–water partition coefficient (Wildman–Crippen LogP) is 5.70. The Bertz CT molecular complexity index is 133. The molecule has 0 spiro atoms. The summed E-state index contributed by atoms with van der Waals surface area (Å²) in [4.78, 5) is 0. The molecule has 0 N–H and O–H groups in total. The second-order valence-corrected chi connectivity index (χ2v) is 5.11. The van der Waals surface area contributed by atoms with Crippen LogP contribution < -0.4 is 0 Å². The first-order valence-corrected chi connectivity index (χ1v) is 7.67. The third-order valence-corrected chi connectivity index (χ3v) is 3.17. The van der Waals surface area contributed by atoms with Crippen molar-refractivity contribution in [1.82, 2.24) is 0 Å². The largest absolute Gasteiger partial charge is 0.384 e. The van der Waals surface area contributed by atoms with Gasteiger partial charge >= 0.3 is 0 Å². The van der Waals surface area contributed by atoms with Crippen molar-refractivity contribution in [2.75, 3.05) is 20.8 Å². The zero-order valence-corrected chi connectivity index (χ0v) is 13.6. The molecule has 0 aromatic carbocycles. The second kappa shape index (κ2) is 20.2. The van der Waals surface area contributed by atoms with Crippen molar-refractivity contribution in [3.05, 3.63) is 0 Å². The second-order valence-electron chi connectivity index (χ2n) is 5.11. The highest BCUT2D eigenvalue weighted by molar-refractivity contribution is 4.52. The van der Waals surface area contributed by atoms with E-state index in [1.54, 1.807) is 14.2 Å². The van der Waals surface area contributed by atoms with Crippen molar-refractivity contribution in [2.24, 2.45) is 5.92 Å². The molecule has 0 aliphatic carbocycles. The minimum absolute atomic E-state index is 0. The summed E-state index contributed by atoms with van der Waals surface area (Å²) >= 11 is 0. The van der Waals surface area contributed by atoms with E-state index in [0.29, 0.717) is 6.10 Å². The van der Waals surface area contributed by atoms with Gasteiger partial charge in [-0.3, -0.25) is 0 Å². The molecule has 0 aromatic rings. The summed E-state index contributed by atoms with van der Waals surface area (Å²) in [6, 6.07) is 0. The summed E-state index contributed by atoms with van der Waals surface area (Å²) < 4.78 is 10.2. The van der Waals surface area contributed by atoms with Gasteiger partial charge in [-0.05, 0) is 25.2 Å². The van der Waals surface area contributed by atoms with E-state index < -0.39 is 0 Å². The molecule has 2 atom stereocenters. The average molecular weight is 277 g/mol. The molecule has 0 rings (SSSR count). The Morgan fingerprint density at radius 1 is 0.895 bits per heavy atom. The van der Waals surface area contributed by atoms with Crippen molar-refractivity contribution in [3.8, 4) is 0 Å². The lowest BCUT2D eigenvalue weighted by molar-refractivity contribution is 0.0902.